The quantitative estimate of drug-likeness (QED) is 0.724. The van der Waals surface area contributed by atoms with Gasteiger partial charge in [0.25, 0.3) is 11.8 Å². The Hall–Kier alpha value is -3.09. The van der Waals surface area contributed by atoms with Gasteiger partial charge < -0.3 is 19.8 Å². The topological polar surface area (TPSA) is 97.6 Å². The lowest BCUT2D eigenvalue weighted by Gasteiger charge is -2.34. The molecule has 0 radical (unpaired) electrons. The van der Waals surface area contributed by atoms with Crippen LogP contribution in [-0.2, 0) is 9.53 Å². The molecule has 0 aliphatic heterocycles. The van der Waals surface area contributed by atoms with Crippen LogP contribution >= 0.6 is 0 Å². The molecule has 1 aliphatic rings. The SMILES string of the molecule is C[C@H]1[C@H](C)CCC[C@H]1NC(=O)COC(=O)c1ccccc1NC(=O)c1ccco1. The van der Waals surface area contributed by atoms with E-state index >= 15 is 0 Å². The van der Waals surface area contributed by atoms with Crippen LogP contribution in [0.25, 0.3) is 0 Å². The van der Waals surface area contributed by atoms with E-state index in [4.69, 9.17) is 9.15 Å². The van der Waals surface area contributed by atoms with Crippen molar-refractivity contribution in [3.8, 4) is 0 Å². The van der Waals surface area contributed by atoms with Gasteiger partial charge >= 0.3 is 5.97 Å². The second kappa shape index (κ2) is 9.41. The first-order chi connectivity index (χ1) is 14.0. The summed E-state index contributed by atoms with van der Waals surface area (Å²) < 4.78 is 10.2. The van der Waals surface area contributed by atoms with Crippen LogP contribution in [0.4, 0.5) is 5.69 Å². The smallest absolute Gasteiger partial charge is 0.340 e. The van der Waals surface area contributed by atoms with Crippen molar-refractivity contribution in [2.45, 2.75) is 39.2 Å². The van der Waals surface area contributed by atoms with Crippen molar-refractivity contribution in [3.05, 3.63) is 54.0 Å². The molecule has 7 heteroatoms. The number of esters is 1. The van der Waals surface area contributed by atoms with Gasteiger partial charge in [0.2, 0.25) is 0 Å². The van der Waals surface area contributed by atoms with Crippen LogP contribution in [0.1, 0.15) is 54.0 Å². The summed E-state index contributed by atoms with van der Waals surface area (Å²) in [6, 6.07) is 9.68. The summed E-state index contributed by atoms with van der Waals surface area (Å²) >= 11 is 0. The average Bonchev–Trinajstić information content (AvgIpc) is 3.25. The third-order valence-electron chi connectivity index (χ3n) is 5.53. The summed E-state index contributed by atoms with van der Waals surface area (Å²) in [6.45, 7) is 3.96. The van der Waals surface area contributed by atoms with E-state index in [9.17, 15) is 14.4 Å². The van der Waals surface area contributed by atoms with Crippen LogP contribution in [0.5, 0.6) is 0 Å². The molecule has 7 nitrogen and oxygen atoms in total. The first-order valence-electron chi connectivity index (χ1n) is 9.86. The number of carbonyl (C=O) groups excluding carboxylic acids is 3. The maximum Gasteiger partial charge on any atom is 0.340 e. The number of nitrogens with one attached hydrogen (secondary N) is 2. The van der Waals surface area contributed by atoms with Gasteiger partial charge in [0, 0.05) is 6.04 Å². The van der Waals surface area contributed by atoms with Crippen molar-refractivity contribution in [2.24, 2.45) is 11.8 Å². The van der Waals surface area contributed by atoms with Crippen LogP contribution in [-0.4, -0.2) is 30.4 Å². The molecule has 1 heterocycles. The number of anilines is 1. The first-order valence-corrected chi connectivity index (χ1v) is 9.86. The van der Waals surface area contributed by atoms with Crippen LogP contribution in [0.2, 0.25) is 0 Å². The highest BCUT2D eigenvalue weighted by molar-refractivity contribution is 6.06. The number of carbonyl (C=O) groups is 3. The van der Waals surface area contributed by atoms with Gasteiger partial charge in [-0.25, -0.2) is 4.79 Å². The Morgan fingerprint density at radius 2 is 1.90 bits per heavy atom. The second-order valence-electron chi connectivity index (χ2n) is 7.49. The van der Waals surface area contributed by atoms with Crippen molar-refractivity contribution >= 4 is 23.5 Å². The van der Waals surface area contributed by atoms with Gasteiger partial charge in [-0.05, 0) is 42.5 Å². The predicted molar refractivity (Wildman–Crippen MR) is 107 cm³/mol. The molecule has 2 N–H and O–H groups in total. The zero-order valence-corrected chi connectivity index (χ0v) is 16.6. The minimum absolute atomic E-state index is 0.102. The lowest BCUT2D eigenvalue weighted by molar-refractivity contribution is -0.125. The van der Waals surface area contributed by atoms with Gasteiger partial charge in [-0.1, -0.05) is 38.8 Å². The summed E-state index contributed by atoms with van der Waals surface area (Å²) in [5.74, 6) is -0.402. The number of furan rings is 1. The van der Waals surface area contributed by atoms with E-state index in [1.54, 1.807) is 24.3 Å². The van der Waals surface area contributed by atoms with E-state index in [2.05, 4.69) is 24.5 Å². The molecule has 1 aromatic heterocycles. The maximum atomic E-state index is 12.5. The van der Waals surface area contributed by atoms with Crippen molar-refractivity contribution in [2.75, 3.05) is 11.9 Å². The Balaban J connectivity index is 1.57. The molecule has 2 amide bonds. The first kappa shape index (κ1) is 20.6. The van der Waals surface area contributed by atoms with Crippen molar-refractivity contribution in [1.82, 2.24) is 5.32 Å². The molecule has 2 aromatic rings. The molecule has 0 bridgehead atoms. The van der Waals surface area contributed by atoms with E-state index < -0.39 is 11.9 Å². The zero-order valence-electron chi connectivity index (χ0n) is 16.6. The fourth-order valence-corrected chi connectivity index (χ4v) is 3.60. The lowest BCUT2D eigenvalue weighted by Crippen LogP contribution is -2.45. The molecule has 3 rings (SSSR count). The summed E-state index contributed by atoms with van der Waals surface area (Å²) in [6.07, 6.45) is 4.58. The Morgan fingerprint density at radius 3 is 2.66 bits per heavy atom. The van der Waals surface area contributed by atoms with E-state index in [1.807, 2.05) is 0 Å². The number of hydrogen-bond acceptors (Lipinski definition) is 5. The molecule has 1 aliphatic carbocycles. The summed E-state index contributed by atoms with van der Waals surface area (Å²) in [5.41, 5.74) is 0.453. The average molecular weight is 398 g/mol. The van der Waals surface area contributed by atoms with Gasteiger partial charge in [0.05, 0.1) is 17.5 Å². The lowest BCUT2D eigenvalue weighted by atomic mass is 9.78. The molecule has 1 aromatic carbocycles. The van der Waals surface area contributed by atoms with Crippen LogP contribution in [0.3, 0.4) is 0 Å². The van der Waals surface area contributed by atoms with Gasteiger partial charge in [-0.3, -0.25) is 9.59 Å². The van der Waals surface area contributed by atoms with Gasteiger partial charge in [-0.15, -0.1) is 0 Å². The summed E-state index contributed by atoms with van der Waals surface area (Å²) in [5, 5.41) is 5.60. The highest BCUT2D eigenvalue weighted by Gasteiger charge is 2.28. The molecule has 29 heavy (non-hydrogen) atoms. The predicted octanol–water partition coefficient (Wildman–Crippen LogP) is 3.63. The van der Waals surface area contributed by atoms with Crippen molar-refractivity contribution in [1.29, 1.82) is 0 Å². The van der Waals surface area contributed by atoms with E-state index in [-0.39, 0.29) is 35.6 Å². The third-order valence-corrected chi connectivity index (χ3v) is 5.53. The molecular formula is C22H26N2O5. The van der Waals surface area contributed by atoms with Crippen LogP contribution < -0.4 is 10.6 Å². The Labute approximate surface area is 169 Å². The molecule has 0 saturated heterocycles. The Bertz CT molecular complexity index is 862. The van der Waals surface area contributed by atoms with Crippen LogP contribution in [0.15, 0.2) is 47.1 Å². The van der Waals surface area contributed by atoms with Gasteiger partial charge in [0.15, 0.2) is 12.4 Å². The Morgan fingerprint density at radius 1 is 1.10 bits per heavy atom. The highest BCUT2D eigenvalue weighted by Crippen LogP contribution is 2.29. The molecule has 3 atom stereocenters. The fourth-order valence-electron chi connectivity index (χ4n) is 3.60. The maximum absolute atomic E-state index is 12.5. The molecular weight excluding hydrogens is 372 g/mol. The molecule has 0 unspecified atom stereocenters. The zero-order chi connectivity index (χ0) is 20.8. The highest BCUT2D eigenvalue weighted by atomic mass is 16.5. The van der Waals surface area contributed by atoms with Crippen molar-refractivity contribution < 1.29 is 23.5 Å². The Kier molecular flexibility index (Phi) is 6.69. The molecule has 1 saturated carbocycles. The fraction of sp³-hybridized carbons (Fsp3) is 0.409. The van der Waals surface area contributed by atoms with E-state index in [1.165, 1.54) is 24.8 Å². The largest absolute Gasteiger partial charge is 0.459 e. The minimum atomic E-state index is -0.680. The number of ether oxygens (including phenoxy) is 1. The molecule has 0 spiro atoms. The molecule has 154 valence electrons. The van der Waals surface area contributed by atoms with Crippen molar-refractivity contribution in [3.63, 3.8) is 0 Å². The normalized spacial score (nSPS) is 21.2. The number of para-hydroxylation sites is 1. The minimum Gasteiger partial charge on any atom is -0.459 e. The second-order valence-corrected chi connectivity index (χ2v) is 7.49. The number of amides is 2. The molecule has 1 fully saturated rings. The monoisotopic (exact) mass is 398 g/mol. The van der Waals surface area contributed by atoms with E-state index in [0.29, 0.717) is 11.8 Å². The van der Waals surface area contributed by atoms with Gasteiger partial charge in [-0.2, -0.15) is 0 Å². The summed E-state index contributed by atoms with van der Waals surface area (Å²) in [4.78, 5) is 36.9. The van der Waals surface area contributed by atoms with Gasteiger partial charge in [0.1, 0.15) is 0 Å². The van der Waals surface area contributed by atoms with E-state index in [0.717, 1.165) is 12.8 Å². The number of rotatable bonds is 6. The number of hydrogen-bond donors (Lipinski definition) is 2. The third kappa shape index (κ3) is 5.25. The van der Waals surface area contributed by atoms with Crippen LogP contribution in [0, 0.1) is 11.8 Å². The standard InChI is InChI=1S/C22H26N2O5/c1-14-7-5-10-17(15(14)2)23-20(25)13-29-22(27)16-8-3-4-9-18(16)24-21(26)19-11-6-12-28-19/h3-4,6,8-9,11-12,14-15,17H,5,7,10,13H2,1-2H3,(H,23,25)(H,24,26)/t14-,15+,17-/m1/s1. The number of benzene rings is 1. The summed E-state index contributed by atoms with van der Waals surface area (Å²) in [7, 11) is 0.